The molecule has 0 amide bonds. The summed E-state index contributed by atoms with van der Waals surface area (Å²) in [7, 11) is 0. The Kier molecular flexibility index (Phi) is 1.40. The third-order valence-electron chi connectivity index (χ3n) is 1.04. The molecule has 1 radical (unpaired) electrons. The Hall–Kier alpha value is -0.680. The molecule has 5 nitrogen and oxygen atoms in total. The van der Waals surface area contributed by atoms with Gasteiger partial charge in [-0.05, 0) is 0 Å². The van der Waals surface area contributed by atoms with Crippen molar-refractivity contribution in [2.75, 3.05) is 13.1 Å². The van der Waals surface area contributed by atoms with E-state index in [1.165, 1.54) is 0 Å². The second kappa shape index (κ2) is 2.06. The normalized spacial score (nSPS) is 21.5. The first-order valence-corrected chi connectivity index (χ1v) is 2.33. The quantitative estimate of drug-likeness (QED) is 0.344. The van der Waals surface area contributed by atoms with Gasteiger partial charge in [0.1, 0.15) is 0 Å². The van der Waals surface area contributed by atoms with Crippen LogP contribution in [0.2, 0.25) is 0 Å². The summed E-state index contributed by atoms with van der Waals surface area (Å²) in [6.07, 6.45) is 0. The van der Waals surface area contributed by atoms with Gasteiger partial charge < -0.3 is 0 Å². The van der Waals surface area contributed by atoms with Gasteiger partial charge in [-0.3, -0.25) is 10.1 Å². The first kappa shape index (κ1) is 5.46. The van der Waals surface area contributed by atoms with Crippen LogP contribution < -0.4 is 10.9 Å². The fourth-order valence-electron chi connectivity index (χ4n) is 0.546. The highest BCUT2D eigenvalue weighted by Crippen LogP contribution is 1.90. The smallest absolute Gasteiger partial charge is 0.242 e. The van der Waals surface area contributed by atoms with Gasteiger partial charge in [0, 0.05) is 4.92 Å². The second-order valence-electron chi connectivity index (χ2n) is 1.64. The number of nitrogens with zero attached hydrogens (tertiary/aromatic N) is 2. The van der Waals surface area contributed by atoms with Crippen LogP contribution in [-0.2, 0) is 0 Å². The molecule has 0 aromatic heterocycles. The summed E-state index contributed by atoms with van der Waals surface area (Å²) >= 11 is 0. The number of nitro groups is 1. The third kappa shape index (κ3) is 0.932. The number of nitrogens with one attached hydrogen (secondary N) is 1. The van der Waals surface area contributed by atoms with Crippen molar-refractivity contribution in [2.24, 2.45) is 0 Å². The Labute approximate surface area is 46.2 Å². The van der Waals surface area contributed by atoms with Crippen molar-refractivity contribution in [3.05, 3.63) is 10.1 Å². The van der Waals surface area contributed by atoms with Crippen LogP contribution in [0.1, 0.15) is 0 Å². The van der Waals surface area contributed by atoms with Crippen LogP contribution in [-0.4, -0.2) is 24.1 Å². The van der Waals surface area contributed by atoms with Gasteiger partial charge >= 0.3 is 0 Å². The van der Waals surface area contributed by atoms with Crippen LogP contribution in [0.3, 0.4) is 0 Å². The van der Waals surface area contributed by atoms with E-state index in [2.05, 4.69) is 10.9 Å². The highest BCUT2D eigenvalue weighted by atomic mass is 16.6. The van der Waals surface area contributed by atoms with E-state index >= 15 is 0 Å². The van der Waals surface area contributed by atoms with Crippen LogP contribution in [0.4, 0.5) is 0 Å². The first-order valence-electron chi connectivity index (χ1n) is 2.33. The number of hydrogen-bond donors (Lipinski definition) is 1. The van der Waals surface area contributed by atoms with Crippen molar-refractivity contribution >= 4 is 0 Å². The maximum atomic E-state index is 9.91. The molecule has 1 N–H and O–H groups in total. The lowest BCUT2D eigenvalue weighted by atomic mass is 10.3. The molecule has 0 saturated carbocycles. The molecule has 45 valence electrons. The summed E-state index contributed by atoms with van der Waals surface area (Å²) in [5.74, 6) is 0. The molecule has 5 heteroatoms. The molecule has 1 aliphatic heterocycles. The van der Waals surface area contributed by atoms with Gasteiger partial charge in [0.15, 0.2) is 0 Å². The summed E-state index contributed by atoms with van der Waals surface area (Å²) < 4.78 is 0. The fourth-order valence-corrected chi connectivity index (χ4v) is 0.546. The van der Waals surface area contributed by atoms with E-state index in [1.54, 1.807) is 0 Å². The van der Waals surface area contributed by atoms with Crippen LogP contribution in [0.15, 0.2) is 0 Å². The Morgan fingerprint density at radius 1 is 1.88 bits per heavy atom. The Bertz CT molecular complexity index is 98.7. The highest BCUT2D eigenvalue weighted by molar-refractivity contribution is 4.66. The molecule has 0 aliphatic carbocycles. The summed E-state index contributed by atoms with van der Waals surface area (Å²) in [4.78, 5) is 9.59. The lowest BCUT2D eigenvalue weighted by Gasteiger charge is -1.92. The topological polar surface area (TPSA) is 69.3 Å². The van der Waals surface area contributed by atoms with Gasteiger partial charge in [0.2, 0.25) is 6.04 Å². The monoisotopic (exact) mass is 116 g/mol. The maximum Gasteiger partial charge on any atom is 0.242 e. The summed E-state index contributed by atoms with van der Waals surface area (Å²) in [5.41, 5.74) is 6.13. The molecule has 1 fully saturated rings. The summed E-state index contributed by atoms with van der Waals surface area (Å²) in [6, 6.07) is -0.491. The maximum absolute atomic E-state index is 9.91. The lowest BCUT2D eigenvalue weighted by Crippen LogP contribution is -2.23. The average Bonchev–Trinajstić information content (AvgIpc) is 2.12. The van der Waals surface area contributed by atoms with Crippen LogP contribution >= 0.6 is 0 Å². The van der Waals surface area contributed by atoms with Gasteiger partial charge in [0.05, 0.1) is 13.1 Å². The van der Waals surface area contributed by atoms with E-state index in [1.807, 2.05) is 0 Å². The predicted molar refractivity (Wildman–Crippen MR) is 25.8 cm³/mol. The number of hydrogen-bond acceptors (Lipinski definition) is 3. The van der Waals surface area contributed by atoms with Crippen molar-refractivity contribution in [1.82, 2.24) is 10.9 Å². The summed E-state index contributed by atoms with van der Waals surface area (Å²) in [6.45, 7) is 0.694. The molecule has 0 spiro atoms. The zero-order chi connectivity index (χ0) is 5.98. The molecule has 8 heavy (non-hydrogen) atoms. The van der Waals surface area contributed by atoms with Crippen molar-refractivity contribution in [3.63, 3.8) is 0 Å². The van der Waals surface area contributed by atoms with Gasteiger partial charge in [-0.25, -0.2) is 5.43 Å². The largest absolute Gasteiger partial charge is 0.264 e. The SMILES string of the molecule is O=[N+]([O-])C1C[N]NC1. The molecule has 0 aromatic rings. The van der Waals surface area contributed by atoms with Crippen LogP contribution in [0, 0.1) is 10.1 Å². The fraction of sp³-hybridized carbons (Fsp3) is 1.00. The molecular weight excluding hydrogens is 110 g/mol. The minimum absolute atomic E-state index is 0.312. The molecule has 1 heterocycles. The molecule has 1 rings (SSSR count). The van der Waals surface area contributed by atoms with Crippen LogP contribution in [0.25, 0.3) is 0 Å². The molecule has 0 bridgehead atoms. The predicted octanol–water partition coefficient (Wildman–Crippen LogP) is -1.25. The lowest BCUT2D eigenvalue weighted by molar-refractivity contribution is -0.514. The van der Waals surface area contributed by atoms with Crippen molar-refractivity contribution in [3.8, 4) is 0 Å². The third-order valence-corrected chi connectivity index (χ3v) is 1.04. The van der Waals surface area contributed by atoms with Crippen molar-refractivity contribution in [2.45, 2.75) is 6.04 Å². The zero-order valence-corrected chi connectivity index (χ0v) is 4.20. The highest BCUT2D eigenvalue weighted by Gasteiger charge is 2.24. The second-order valence-corrected chi connectivity index (χ2v) is 1.64. The molecule has 1 saturated heterocycles. The average molecular weight is 116 g/mol. The van der Waals surface area contributed by atoms with Crippen LogP contribution in [0.5, 0.6) is 0 Å². The van der Waals surface area contributed by atoms with Gasteiger partial charge in [-0.1, -0.05) is 0 Å². The van der Waals surface area contributed by atoms with E-state index in [4.69, 9.17) is 0 Å². The molecule has 1 atom stereocenters. The van der Waals surface area contributed by atoms with Gasteiger partial charge in [-0.2, -0.15) is 5.43 Å². The number of rotatable bonds is 1. The minimum atomic E-state index is -0.491. The Balaban J connectivity index is 2.35. The molecular formula is C3H6N3O2. The van der Waals surface area contributed by atoms with E-state index in [0.29, 0.717) is 13.1 Å². The van der Waals surface area contributed by atoms with Crippen molar-refractivity contribution < 1.29 is 4.92 Å². The van der Waals surface area contributed by atoms with Crippen molar-refractivity contribution in [1.29, 1.82) is 0 Å². The molecule has 0 aromatic carbocycles. The van der Waals surface area contributed by atoms with Gasteiger partial charge in [-0.15, -0.1) is 0 Å². The van der Waals surface area contributed by atoms with E-state index in [0.717, 1.165) is 0 Å². The van der Waals surface area contributed by atoms with E-state index in [9.17, 15) is 10.1 Å². The zero-order valence-electron chi connectivity index (χ0n) is 4.20. The van der Waals surface area contributed by atoms with E-state index < -0.39 is 6.04 Å². The molecule has 1 aliphatic rings. The molecule has 1 unspecified atom stereocenters. The first-order chi connectivity index (χ1) is 3.80. The van der Waals surface area contributed by atoms with Gasteiger partial charge in [0.25, 0.3) is 0 Å². The van der Waals surface area contributed by atoms with E-state index in [-0.39, 0.29) is 4.92 Å². The minimum Gasteiger partial charge on any atom is -0.264 e. The Morgan fingerprint density at radius 2 is 2.62 bits per heavy atom. The Morgan fingerprint density at radius 3 is 2.88 bits per heavy atom. The summed E-state index contributed by atoms with van der Waals surface area (Å²) in [5, 5.41) is 9.91. The standard InChI is InChI=1S/C3H6N3O2/c7-6(8)3-1-4-5-2-3/h3-4H,1-2H2.